The van der Waals surface area contributed by atoms with Crippen molar-refractivity contribution in [2.45, 2.75) is 19.6 Å². The van der Waals surface area contributed by atoms with Crippen molar-refractivity contribution >= 4 is 8.32 Å². The van der Waals surface area contributed by atoms with Crippen molar-refractivity contribution in [3.8, 4) is 0 Å². The SMILES string of the molecule is C=CC(O[Si](C)(C)C)=C(F)F. The van der Waals surface area contributed by atoms with E-state index in [4.69, 9.17) is 4.43 Å². The van der Waals surface area contributed by atoms with Crippen molar-refractivity contribution in [3.05, 3.63) is 24.5 Å². The second-order valence-corrected chi connectivity index (χ2v) is 7.47. The number of rotatable bonds is 3. The van der Waals surface area contributed by atoms with Crippen LogP contribution < -0.4 is 0 Å². The van der Waals surface area contributed by atoms with Gasteiger partial charge >= 0.3 is 6.08 Å². The lowest BCUT2D eigenvalue weighted by Gasteiger charge is -2.18. The summed E-state index contributed by atoms with van der Waals surface area (Å²) in [4.78, 5) is 0. The molecule has 0 radical (unpaired) electrons. The fraction of sp³-hybridized carbons (Fsp3) is 0.429. The first-order valence-corrected chi connectivity index (χ1v) is 6.64. The Labute approximate surface area is 66.5 Å². The van der Waals surface area contributed by atoms with E-state index in [0.717, 1.165) is 6.08 Å². The Kier molecular flexibility index (Phi) is 3.45. The molecule has 0 rings (SSSR count). The fourth-order valence-electron chi connectivity index (χ4n) is 0.487. The largest absolute Gasteiger partial charge is 0.541 e. The molecule has 0 saturated heterocycles. The van der Waals surface area contributed by atoms with Gasteiger partial charge in [-0.15, -0.1) is 0 Å². The molecule has 0 spiro atoms. The molecule has 0 aliphatic carbocycles. The topological polar surface area (TPSA) is 9.23 Å². The third-order valence-electron chi connectivity index (χ3n) is 0.788. The minimum atomic E-state index is -1.91. The zero-order valence-corrected chi connectivity index (χ0v) is 7.95. The quantitative estimate of drug-likeness (QED) is 0.366. The van der Waals surface area contributed by atoms with Crippen LogP contribution in [-0.4, -0.2) is 8.32 Å². The number of hydrogen-bond donors (Lipinski definition) is 0. The molecule has 0 aromatic rings. The molecule has 0 N–H and O–H groups in total. The Balaban J connectivity index is 4.35. The lowest BCUT2D eigenvalue weighted by molar-refractivity contribution is 0.338. The van der Waals surface area contributed by atoms with Crippen LogP contribution in [0.2, 0.25) is 19.6 Å². The summed E-state index contributed by atoms with van der Waals surface area (Å²) in [6, 6.07) is 0. The zero-order chi connectivity index (χ0) is 9.07. The Morgan fingerprint density at radius 3 is 1.91 bits per heavy atom. The van der Waals surface area contributed by atoms with Gasteiger partial charge in [0, 0.05) is 0 Å². The fourth-order valence-corrected chi connectivity index (χ4v) is 1.31. The third kappa shape index (κ3) is 4.72. The molecule has 11 heavy (non-hydrogen) atoms. The van der Waals surface area contributed by atoms with Gasteiger partial charge < -0.3 is 4.43 Å². The summed E-state index contributed by atoms with van der Waals surface area (Å²) in [7, 11) is -1.91. The Morgan fingerprint density at radius 2 is 1.82 bits per heavy atom. The van der Waals surface area contributed by atoms with E-state index in [2.05, 4.69) is 6.58 Å². The Bertz CT molecular complexity index is 177. The van der Waals surface area contributed by atoms with E-state index in [1.807, 2.05) is 19.6 Å². The second kappa shape index (κ2) is 3.66. The summed E-state index contributed by atoms with van der Waals surface area (Å²) in [5.74, 6) is -0.385. The van der Waals surface area contributed by atoms with E-state index < -0.39 is 14.4 Å². The Morgan fingerprint density at radius 1 is 1.36 bits per heavy atom. The predicted molar refractivity (Wildman–Crippen MR) is 43.9 cm³/mol. The average Bonchev–Trinajstić information content (AvgIpc) is 1.80. The van der Waals surface area contributed by atoms with E-state index in [0.29, 0.717) is 0 Å². The minimum Gasteiger partial charge on any atom is -0.541 e. The second-order valence-electron chi connectivity index (χ2n) is 3.04. The van der Waals surface area contributed by atoms with Gasteiger partial charge in [0.15, 0.2) is 5.76 Å². The molecule has 0 heterocycles. The number of allylic oxidation sites excluding steroid dienone is 1. The van der Waals surface area contributed by atoms with Crippen LogP contribution in [0.15, 0.2) is 24.5 Å². The lowest BCUT2D eigenvalue weighted by atomic mass is 10.5. The van der Waals surface area contributed by atoms with Gasteiger partial charge in [-0.1, -0.05) is 6.58 Å². The van der Waals surface area contributed by atoms with Gasteiger partial charge in [-0.05, 0) is 25.7 Å². The summed E-state index contributed by atoms with van der Waals surface area (Å²) < 4.78 is 28.9. The van der Waals surface area contributed by atoms with E-state index in [1.54, 1.807) is 0 Å². The van der Waals surface area contributed by atoms with Gasteiger partial charge in [0.1, 0.15) is 0 Å². The zero-order valence-electron chi connectivity index (χ0n) is 6.95. The van der Waals surface area contributed by atoms with E-state index in [9.17, 15) is 8.78 Å². The first-order valence-electron chi connectivity index (χ1n) is 3.23. The van der Waals surface area contributed by atoms with Crippen LogP contribution >= 0.6 is 0 Å². The van der Waals surface area contributed by atoms with Gasteiger partial charge in [-0.2, -0.15) is 8.78 Å². The highest BCUT2D eigenvalue weighted by Crippen LogP contribution is 2.16. The smallest absolute Gasteiger partial charge is 0.310 e. The molecule has 0 atom stereocenters. The van der Waals surface area contributed by atoms with Gasteiger partial charge in [0.05, 0.1) is 0 Å². The molecule has 1 nitrogen and oxygen atoms in total. The third-order valence-corrected chi connectivity index (χ3v) is 1.62. The van der Waals surface area contributed by atoms with Crippen molar-refractivity contribution < 1.29 is 13.2 Å². The van der Waals surface area contributed by atoms with Gasteiger partial charge in [-0.25, -0.2) is 0 Å². The molecule has 0 unspecified atom stereocenters. The van der Waals surface area contributed by atoms with Crippen LogP contribution in [0.1, 0.15) is 0 Å². The van der Waals surface area contributed by atoms with Crippen LogP contribution in [0.5, 0.6) is 0 Å². The maximum atomic E-state index is 11.9. The van der Waals surface area contributed by atoms with Gasteiger partial charge in [0.25, 0.3) is 0 Å². The van der Waals surface area contributed by atoms with Crippen LogP contribution in [0.3, 0.4) is 0 Å². The van der Waals surface area contributed by atoms with Gasteiger partial charge in [-0.3, -0.25) is 0 Å². The highest BCUT2D eigenvalue weighted by Gasteiger charge is 2.18. The molecular formula is C7H12F2OSi. The van der Waals surface area contributed by atoms with Crippen molar-refractivity contribution in [3.63, 3.8) is 0 Å². The predicted octanol–water partition coefficient (Wildman–Crippen LogP) is 3.13. The van der Waals surface area contributed by atoms with Crippen LogP contribution in [-0.2, 0) is 4.43 Å². The molecule has 0 fully saturated rings. The van der Waals surface area contributed by atoms with E-state index >= 15 is 0 Å². The molecule has 0 bridgehead atoms. The monoisotopic (exact) mass is 178 g/mol. The molecular weight excluding hydrogens is 166 g/mol. The molecule has 0 amide bonds. The molecule has 4 heteroatoms. The number of hydrogen-bond acceptors (Lipinski definition) is 1. The molecule has 64 valence electrons. The van der Waals surface area contributed by atoms with Crippen molar-refractivity contribution in [2.75, 3.05) is 0 Å². The van der Waals surface area contributed by atoms with E-state index in [1.165, 1.54) is 0 Å². The molecule has 0 aliphatic heterocycles. The van der Waals surface area contributed by atoms with Crippen molar-refractivity contribution in [1.82, 2.24) is 0 Å². The highest BCUT2D eigenvalue weighted by atomic mass is 28.4. The average molecular weight is 178 g/mol. The molecule has 0 aliphatic rings. The number of halogens is 2. The summed E-state index contributed by atoms with van der Waals surface area (Å²) in [5.41, 5.74) is 0. The maximum Gasteiger partial charge on any atom is 0.310 e. The highest BCUT2D eigenvalue weighted by molar-refractivity contribution is 6.70. The van der Waals surface area contributed by atoms with Crippen LogP contribution in [0.25, 0.3) is 0 Å². The van der Waals surface area contributed by atoms with Crippen LogP contribution in [0, 0.1) is 0 Å². The maximum absolute atomic E-state index is 11.9. The first-order chi connectivity index (χ1) is 4.87. The summed E-state index contributed by atoms with van der Waals surface area (Å²) in [6.45, 7) is 8.72. The molecule has 0 aromatic carbocycles. The van der Waals surface area contributed by atoms with Gasteiger partial charge in [0.2, 0.25) is 8.32 Å². The van der Waals surface area contributed by atoms with Crippen molar-refractivity contribution in [2.24, 2.45) is 0 Å². The minimum absolute atomic E-state index is 0.385. The van der Waals surface area contributed by atoms with E-state index in [-0.39, 0.29) is 5.76 Å². The van der Waals surface area contributed by atoms with Crippen LogP contribution in [0.4, 0.5) is 8.78 Å². The summed E-state index contributed by atoms with van der Waals surface area (Å²) >= 11 is 0. The lowest BCUT2D eigenvalue weighted by Crippen LogP contribution is -2.24. The molecule has 0 saturated carbocycles. The first kappa shape index (κ1) is 10.4. The normalized spacial score (nSPS) is 10.6. The van der Waals surface area contributed by atoms with Crippen molar-refractivity contribution in [1.29, 1.82) is 0 Å². The Hall–Kier alpha value is -0.643. The standard InChI is InChI=1S/C7H12F2OSi/c1-5-6(7(8)9)10-11(2,3)4/h5H,1H2,2-4H3. The summed E-state index contributed by atoms with van der Waals surface area (Å²) in [5, 5.41) is 0. The molecule has 0 aromatic heterocycles. The summed E-state index contributed by atoms with van der Waals surface area (Å²) in [6.07, 6.45) is -0.768.